The summed E-state index contributed by atoms with van der Waals surface area (Å²) in [4.78, 5) is 20.9. The average molecular weight is 332 g/mol. The molecule has 0 saturated carbocycles. The van der Waals surface area contributed by atoms with Gasteiger partial charge in [-0.3, -0.25) is 4.79 Å². The van der Waals surface area contributed by atoms with Gasteiger partial charge in [-0.2, -0.15) is 0 Å². The predicted octanol–water partition coefficient (Wildman–Crippen LogP) is 3.25. The molecule has 0 fully saturated rings. The van der Waals surface area contributed by atoms with E-state index >= 15 is 0 Å². The summed E-state index contributed by atoms with van der Waals surface area (Å²) >= 11 is 3.33. The molecule has 0 unspecified atom stereocenters. The van der Waals surface area contributed by atoms with E-state index in [1.807, 2.05) is 44.3 Å². The maximum absolute atomic E-state index is 12.5. The van der Waals surface area contributed by atoms with Gasteiger partial charge in [0.15, 0.2) is 0 Å². The van der Waals surface area contributed by atoms with Crippen molar-refractivity contribution >= 4 is 27.7 Å². The van der Waals surface area contributed by atoms with Crippen molar-refractivity contribution in [3.8, 4) is 0 Å². The molecule has 0 aromatic carbocycles. The molecule has 1 amide bonds. The Morgan fingerprint density at radius 1 is 1.30 bits per heavy atom. The van der Waals surface area contributed by atoms with E-state index in [9.17, 15) is 4.79 Å². The number of rotatable bonds is 2. The number of fused-ring (bicyclic) bond motifs is 1. The van der Waals surface area contributed by atoms with Crippen molar-refractivity contribution < 1.29 is 4.79 Å². The van der Waals surface area contributed by atoms with E-state index in [1.165, 1.54) is 0 Å². The second-order valence-corrected chi connectivity index (χ2v) is 6.00. The van der Waals surface area contributed by atoms with Crippen LogP contribution in [0, 0.1) is 0 Å². The van der Waals surface area contributed by atoms with Crippen LogP contribution in [0.3, 0.4) is 0 Å². The van der Waals surface area contributed by atoms with Gasteiger partial charge < -0.3 is 5.32 Å². The van der Waals surface area contributed by atoms with Crippen LogP contribution in [0.1, 0.15) is 30.9 Å². The molecule has 0 spiro atoms. The van der Waals surface area contributed by atoms with Crippen molar-refractivity contribution in [2.45, 2.75) is 25.2 Å². The third kappa shape index (κ3) is 1.85. The minimum Gasteiger partial charge on any atom is -0.310 e. The van der Waals surface area contributed by atoms with Crippen LogP contribution in [0.15, 0.2) is 41.3 Å². The van der Waals surface area contributed by atoms with Gasteiger partial charge in [0.1, 0.15) is 10.4 Å². The molecule has 20 heavy (non-hydrogen) atoms. The first kappa shape index (κ1) is 13.2. The molecule has 1 N–H and O–H groups in total. The smallest absolute Gasteiger partial charge is 0.236 e. The highest BCUT2D eigenvalue weighted by molar-refractivity contribution is 9.10. The molecule has 3 heterocycles. The first-order valence-electron chi connectivity index (χ1n) is 6.42. The number of carbonyl (C=O) groups excluding carboxylic acids is 1. The fraction of sp³-hybridized carbons (Fsp3) is 0.267. The average Bonchev–Trinajstić information content (AvgIpc) is 2.72. The van der Waals surface area contributed by atoms with Gasteiger partial charge in [-0.1, -0.05) is 19.1 Å². The quantitative estimate of drug-likeness (QED) is 0.859. The maximum Gasteiger partial charge on any atom is 0.236 e. The second kappa shape index (κ2) is 4.66. The van der Waals surface area contributed by atoms with Crippen molar-refractivity contribution in [3.05, 3.63) is 52.4 Å². The molecule has 3 rings (SSSR count). The number of carbonyl (C=O) groups is 1. The van der Waals surface area contributed by atoms with E-state index in [4.69, 9.17) is 0 Å². The summed E-state index contributed by atoms with van der Waals surface area (Å²) in [5.74, 6) is 0.659. The maximum atomic E-state index is 12.5. The molecule has 102 valence electrons. The van der Waals surface area contributed by atoms with Crippen molar-refractivity contribution in [3.63, 3.8) is 0 Å². The number of nitrogens with zero attached hydrogens (tertiary/aromatic N) is 2. The molecule has 0 bridgehead atoms. The van der Waals surface area contributed by atoms with Crippen molar-refractivity contribution in [1.29, 1.82) is 0 Å². The zero-order valence-corrected chi connectivity index (χ0v) is 12.8. The van der Waals surface area contributed by atoms with Gasteiger partial charge in [-0.05, 0) is 40.5 Å². The number of hydrogen-bond donors (Lipinski definition) is 1. The summed E-state index contributed by atoms with van der Waals surface area (Å²) in [6.07, 6.45) is 3.50. The van der Waals surface area contributed by atoms with Gasteiger partial charge in [0.2, 0.25) is 5.91 Å². The van der Waals surface area contributed by atoms with E-state index in [0.29, 0.717) is 5.82 Å². The lowest BCUT2D eigenvalue weighted by molar-refractivity contribution is -0.120. The van der Waals surface area contributed by atoms with Crippen LogP contribution >= 0.6 is 15.9 Å². The number of anilines is 1. The Kier molecular flexibility index (Phi) is 3.09. The van der Waals surface area contributed by atoms with E-state index < -0.39 is 5.41 Å². The lowest BCUT2D eigenvalue weighted by atomic mass is 9.71. The standard InChI is InChI=1S/C15H14BrN3O/c1-9(10-5-6-12(16)18-8-10)15(2)11-4-3-7-17-13(11)19-14(15)20/h3-9H,1-2H3,(H,17,19,20)/t9-,15+/m1/s1. The summed E-state index contributed by atoms with van der Waals surface area (Å²) in [6, 6.07) is 7.72. The fourth-order valence-corrected chi connectivity index (χ4v) is 2.92. The summed E-state index contributed by atoms with van der Waals surface area (Å²) in [7, 11) is 0. The highest BCUT2D eigenvalue weighted by Crippen LogP contribution is 2.45. The lowest BCUT2D eigenvalue weighted by Gasteiger charge is -2.29. The molecule has 0 saturated heterocycles. The van der Waals surface area contributed by atoms with Crippen LogP contribution in [0.4, 0.5) is 5.82 Å². The molecule has 0 radical (unpaired) electrons. The monoisotopic (exact) mass is 331 g/mol. The summed E-state index contributed by atoms with van der Waals surface area (Å²) in [5, 5.41) is 2.87. The summed E-state index contributed by atoms with van der Waals surface area (Å²) < 4.78 is 0.788. The molecular weight excluding hydrogens is 318 g/mol. The van der Waals surface area contributed by atoms with Crippen LogP contribution in [-0.4, -0.2) is 15.9 Å². The van der Waals surface area contributed by atoms with Crippen LogP contribution in [0.5, 0.6) is 0 Å². The largest absolute Gasteiger partial charge is 0.310 e. The highest BCUT2D eigenvalue weighted by Gasteiger charge is 2.47. The predicted molar refractivity (Wildman–Crippen MR) is 80.6 cm³/mol. The molecule has 1 aliphatic rings. The van der Waals surface area contributed by atoms with E-state index in [1.54, 1.807) is 6.20 Å². The van der Waals surface area contributed by atoms with Crippen molar-refractivity contribution in [1.82, 2.24) is 9.97 Å². The Labute approximate surface area is 125 Å². The van der Waals surface area contributed by atoms with Crippen LogP contribution in [0.2, 0.25) is 0 Å². The molecule has 2 aromatic rings. The number of nitrogens with one attached hydrogen (secondary N) is 1. The van der Waals surface area contributed by atoms with Gasteiger partial charge in [-0.25, -0.2) is 9.97 Å². The van der Waals surface area contributed by atoms with E-state index in [0.717, 1.165) is 15.7 Å². The minimum atomic E-state index is -0.626. The Hall–Kier alpha value is -1.75. The third-order valence-corrected chi connectivity index (χ3v) is 4.66. The Morgan fingerprint density at radius 3 is 2.80 bits per heavy atom. The highest BCUT2D eigenvalue weighted by atomic mass is 79.9. The zero-order chi connectivity index (χ0) is 14.3. The summed E-state index contributed by atoms with van der Waals surface area (Å²) in [5.41, 5.74) is 1.35. The van der Waals surface area contributed by atoms with Crippen LogP contribution in [-0.2, 0) is 10.2 Å². The Balaban J connectivity index is 2.08. The molecule has 5 heteroatoms. The fourth-order valence-electron chi connectivity index (χ4n) is 2.69. The SMILES string of the molecule is C[C@H](c1ccc(Br)nc1)[C@]1(C)C(=O)Nc2ncccc21. The normalized spacial score (nSPS) is 22.2. The zero-order valence-electron chi connectivity index (χ0n) is 11.2. The van der Waals surface area contributed by atoms with Crippen LogP contribution in [0.25, 0.3) is 0 Å². The number of aromatic nitrogens is 2. The first-order chi connectivity index (χ1) is 9.53. The number of halogens is 1. The minimum absolute atomic E-state index is 0.00792. The second-order valence-electron chi connectivity index (χ2n) is 5.19. The van der Waals surface area contributed by atoms with Gasteiger partial charge in [0.05, 0.1) is 5.41 Å². The lowest BCUT2D eigenvalue weighted by Crippen LogP contribution is -2.36. The number of amides is 1. The molecule has 2 aromatic heterocycles. The van der Waals surface area contributed by atoms with Crippen molar-refractivity contribution in [2.75, 3.05) is 5.32 Å². The van der Waals surface area contributed by atoms with Gasteiger partial charge in [0, 0.05) is 23.9 Å². The van der Waals surface area contributed by atoms with E-state index in [2.05, 4.69) is 31.2 Å². The van der Waals surface area contributed by atoms with Crippen LogP contribution < -0.4 is 5.32 Å². The Bertz CT molecular complexity index is 671. The van der Waals surface area contributed by atoms with E-state index in [-0.39, 0.29) is 11.8 Å². The van der Waals surface area contributed by atoms with Gasteiger partial charge >= 0.3 is 0 Å². The molecule has 0 aliphatic carbocycles. The first-order valence-corrected chi connectivity index (χ1v) is 7.21. The molecule has 1 aliphatic heterocycles. The molecule has 2 atom stereocenters. The molecular formula is C15H14BrN3O. The van der Waals surface area contributed by atoms with Gasteiger partial charge in [-0.15, -0.1) is 0 Å². The van der Waals surface area contributed by atoms with Crippen molar-refractivity contribution in [2.24, 2.45) is 0 Å². The third-order valence-electron chi connectivity index (χ3n) is 4.19. The Morgan fingerprint density at radius 2 is 2.10 bits per heavy atom. The topological polar surface area (TPSA) is 54.9 Å². The van der Waals surface area contributed by atoms with Gasteiger partial charge in [0.25, 0.3) is 0 Å². The number of hydrogen-bond acceptors (Lipinski definition) is 3. The molecule has 4 nitrogen and oxygen atoms in total. The summed E-state index contributed by atoms with van der Waals surface area (Å²) in [6.45, 7) is 4.01. The number of pyridine rings is 2.